The minimum absolute atomic E-state index is 0.0289. The number of nitrogens with zero attached hydrogens (tertiary/aromatic N) is 2. The molecule has 3 aromatic rings. The highest BCUT2D eigenvalue weighted by molar-refractivity contribution is 5.88. The molecule has 4 rings (SSSR count). The van der Waals surface area contributed by atoms with E-state index in [1.165, 1.54) is 0 Å². The van der Waals surface area contributed by atoms with Gasteiger partial charge in [-0.1, -0.05) is 54.6 Å². The van der Waals surface area contributed by atoms with Gasteiger partial charge in [0, 0.05) is 17.4 Å². The number of nitrogens with one attached hydrogen (secondary N) is 1. The fourth-order valence-corrected chi connectivity index (χ4v) is 3.95. The number of carbonyl (C=O) groups is 1. The maximum atomic E-state index is 13.0. The molecule has 1 aromatic heterocycles. The number of hydrogen-bond acceptors (Lipinski definition) is 4. The molecule has 2 aromatic carbocycles. The smallest absolute Gasteiger partial charge is 0.250 e. The summed E-state index contributed by atoms with van der Waals surface area (Å²) in [4.78, 5) is 20.3. The summed E-state index contributed by atoms with van der Waals surface area (Å²) in [5.74, 6) is -0.527. The number of amides is 1. The van der Waals surface area contributed by atoms with E-state index in [-0.39, 0.29) is 11.8 Å². The van der Waals surface area contributed by atoms with Crippen LogP contribution in [0.4, 0.5) is 4.39 Å². The zero-order valence-electron chi connectivity index (χ0n) is 14.6. The molecule has 2 N–H and O–H groups in total. The molecule has 1 heterocycles. The van der Waals surface area contributed by atoms with Gasteiger partial charge in [-0.15, -0.1) is 0 Å². The van der Waals surface area contributed by atoms with Crippen LogP contribution in [0.3, 0.4) is 0 Å². The average molecular weight is 363 g/mol. The van der Waals surface area contributed by atoms with Crippen LogP contribution in [0.5, 0.6) is 0 Å². The lowest BCUT2D eigenvalue weighted by molar-refractivity contribution is -0.134. The maximum absolute atomic E-state index is 13.0. The predicted molar refractivity (Wildman–Crippen MR) is 97.4 cm³/mol. The first kappa shape index (κ1) is 17.3. The van der Waals surface area contributed by atoms with Gasteiger partial charge in [-0.2, -0.15) is 0 Å². The van der Waals surface area contributed by atoms with Crippen molar-refractivity contribution in [3.05, 3.63) is 83.9 Å². The summed E-state index contributed by atoms with van der Waals surface area (Å²) >= 11 is 0. The average Bonchev–Trinajstić information content (AvgIpc) is 3.35. The SMILES string of the molecule is C[C@@]1(C(=O)NO)C(c2ccccc2)[C@H]1c1ccc(-c2ncc(F)cn2)cc1. The normalized spacial score (nSPS) is 23.7. The Morgan fingerprint density at radius 1 is 1.00 bits per heavy atom. The van der Waals surface area contributed by atoms with E-state index in [0.717, 1.165) is 29.1 Å². The van der Waals surface area contributed by atoms with Crippen LogP contribution in [0.25, 0.3) is 11.4 Å². The van der Waals surface area contributed by atoms with Gasteiger partial charge in [0.1, 0.15) is 0 Å². The van der Waals surface area contributed by atoms with E-state index in [1.807, 2.05) is 67.0 Å². The molecule has 136 valence electrons. The van der Waals surface area contributed by atoms with Crippen molar-refractivity contribution in [2.24, 2.45) is 5.41 Å². The third-order valence-corrected chi connectivity index (χ3v) is 5.41. The van der Waals surface area contributed by atoms with Crippen molar-refractivity contribution in [1.29, 1.82) is 0 Å². The molecule has 3 atom stereocenters. The fourth-order valence-electron chi connectivity index (χ4n) is 3.95. The van der Waals surface area contributed by atoms with Crippen LogP contribution >= 0.6 is 0 Å². The van der Waals surface area contributed by atoms with Gasteiger partial charge < -0.3 is 0 Å². The predicted octanol–water partition coefficient (Wildman–Crippen LogP) is 3.68. The van der Waals surface area contributed by atoms with Crippen LogP contribution in [0.2, 0.25) is 0 Å². The van der Waals surface area contributed by atoms with Crippen LogP contribution in [0.15, 0.2) is 67.0 Å². The Bertz CT molecular complexity index is 961. The zero-order valence-corrected chi connectivity index (χ0v) is 14.6. The van der Waals surface area contributed by atoms with Crippen molar-refractivity contribution in [3.63, 3.8) is 0 Å². The standard InChI is InChI=1S/C21H18FN3O2/c1-21(20(26)25-27)17(13-5-3-2-4-6-13)18(21)14-7-9-15(10-8-14)19-23-11-16(22)12-24-19/h2-12,17-18,27H,1H3,(H,25,26)/t17?,18-,21-/m1/s1. The number of rotatable bonds is 4. The number of aromatic nitrogens is 2. The highest BCUT2D eigenvalue weighted by Crippen LogP contribution is 2.70. The number of halogens is 1. The molecular formula is C21H18FN3O2. The molecule has 6 heteroatoms. The van der Waals surface area contributed by atoms with Crippen LogP contribution in [0, 0.1) is 11.2 Å². The van der Waals surface area contributed by atoms with Gasteiger partial charge in [0.15, 0.2) is 11.6 Å². The van der Waals surface area contributed by atoms with Gasteiger partial charge in [-0.05, 0) is 18.1 Å². The molecule has 0 saturated heterocycles. The Balaban J connectivity index is 1.67. The van der Waals surface area contributed by atoms with E-state index >= 15 is 0 Å². The molecule has 27 heavy (non-hydrogen) atoms. The van der Waals surface area contributed by atoms with Crippen molar-refractivity contribution < 1.29 is 14.4 Å². The Hall–Kier alpha value is -3.12. The minimum Gasteiger partial charge on any atom is -0.289 e. The van der Waals surface area contributed by atoms with Gasteiger partial charge in [-0.25, -0.2) is 19.8 Å². The molecule has 0 radical (unpaired) electrons. The Morgan fingerprint density at radius 3 is 2.11 bits per heavy atom. The van der Waals surface area contributed by atoms with E-state index in [2.05, 4.69) is 9.97 Å². The highest BCUT2D eigenvalue weighted by atomic mass is 19.1. The van der Waals surface area contributed by atoms with Gasteiger partial charge in [0.25, 0.3) is 5.91 Å². The summed E-state index contributed by atoms with van der Waals surface area (Å²) in [6.45, 7) is 1.86. The van der Waals surface area contributed by atoms with E-state index in [9.17, 15) is 14.4 Å². The molecule has 1 aliphatic rings. The van der Waals surface area contributed by atoms with Crippen LogP contribution in [0.1, 0.15) is 29.9 Å². The summed E-state index contributed by atoms with van der Waals surface area (Å²) in [5, 5.41) is 9.21. The van der Waals surface area contributed by atoms with Gasteiger partial charge in [-0.3, -0.25) is 10.0 Å². The molecule has 0 aliphatic heterocycles. The molecule has 5 nitrogen and oxygen atoms in total. The second kappa shape index (κ2) is 6.55. The monoisotopic (exact) mass is 363 g/mol. The van der Waals surface area contributed by atoms with Crippen molar-refractivity contribution >= 4 is 5.91 Å². The van der Waals surface area contributed by atoms with E-state index in [1.54, 1.807) is 0 Å². The summed E-state index contributed by atoms with van der Waals surface area (Å²) in [7, 11) is 0. The molecule has 1 amide bonds. The number of hydrogen-bond donors (Lipinski definition) is 2. The van der Waals surface area contributed by atoms with Gasteiger partial charge in [0.2, 0.25) is 0 Å². The lowest BCUT2D eigenvalue weighted by Crippen LogP contribution is -2.29. The van der Waals surface area contributed by atoms with Gasteiger partial charge in [0.05, 0.1) is 17.8 Å². The molecule has 1 fully saturated rings. The molecule has 0 bridgehead atoms. The van der Waals surface area contributed by atoms with Crippen LogP contribution in [-0.4, -0.2) is 21.1 Å². The van der Waals surface area contributed by atoms with Crippen molar-refractivity contribution in [1.82, 2.24) is 15.4 Å². The summed E-state index contributed by atoms with van der Waals surface area (Å²) in [5.41, 5.74) is 3.89. The van der Waals surface area contributed by atoms with Gasteiger partial charge >= 0.3 is 0 Å². The Kier molecular flexibility index (Phi) is 4.20. The van der Waals surface area contributed by atoms with Crippen molar-refractivity contribution in [3.8, 4) is 11.4 Å². The largest absolute Gasteiger partial charge is 0.289 e. The van der Waals surface area contributed by atoms with E-state index < -0.39 is 17.1 Å². The van der Waals surface area contributed by atoms with E-state index in [4.69, 9.17) is 0 Å². The summed E-state index contributed by atoms with van der Waals surface area (Å²) in [6, 6.07) is 17.4. The lowest BCUT2D eigenvalue weighted by atomic mass is 9.99. The number of hydroxylamine groups is 1. The molecule has 1 aliphatic carbocycles. The first-order chi connectivity index (χ1) is 13.1. The van der Waals surface area contributed by atoms with E-state index in [0.29, 0.717) is 5.82 Å². The Morgan fingerprint density at radius 2 is 1.56 bits per heavy atom. The number of benzene rings is 2. The fraction of sp³-hybridized carbons (Fsp3) is 0.190. The number of carbonyl (C=O) groups excluding carboxylic acids is 1. The quantitative estimate of drug-likeness (QED) is 0.548. The molecule has 1 saturated carbocycles. The third kappa shape index (κ3) is 2.88. The topological polar surface area (TPSA) is 75.1 Å². The molecule has 1 unspecified atom stereocenters. The summed E-state index contributed by atoms with van der Waals surface area (Å²) in [6.07, 6.45) is 2.26. The zero-order chi connectivity index (χ0) is 19.0. The highest BCUT2D eigenvalue weighted by Gasteiger charge is 2.67. The Labute approximate surface area is 155 Å². The third-order valence-electron chi connectivity index (χ3n) is 5.41. The van der Waals surface area contributed by atoms with Crippen LogP contribution < -0.4 is 5.48 Å². The lowest BCUT2D eigenvalue weighted by Gasteiger charge is -2.09. The van der Waals surface area contributed by atoms with Crippen LogP contribution in [-0.2, 0) is 4.79 Å². The summed E-state index contributed by atoms with van der Waals surface area (Å²) < 4.78 is 13.0. The molecule has 0 spiro atoms. The second-order valence-corrected chi connectivity index (χ2v) is 6.94. The first-order valence-electron chi connectivity index (χ1n) is 8.63. The van der Waals surface area contributed by atoms with Crippen molar-refractivity contribution in [2.45, 2.75) is 18.8 Å². The first-order valence-corrected chi connectivity index (χ1v) is 8.63. The second-order valence-electron chi connectivity index (χ2n) is 6.94. The maximum Gasteiger partial charge on any atom is 0.250 e. The van der Waals surface area contributed by atoms with Crippen molar-refractivity contribution in [2.75, 3.05) is 0 Å². The molecular weight excluding hydrogens is 345 g/mol. The minimum atomic E-state index is -0.732.